The largest absolute Gasteiger partial charge is 0.497 e. The van der Waals surface area contributed by atoms with Crippen LogP contribution in [0.1, 0.15) is 16.1 Å². The van der Waals surface area contributed by atoms with Crippen molar-refractivity contribution in [3.8, 4) is 17.0 Å². The molecule has 0 bridgehead atoms. The van der Waals surface area contributed by atoms with Gasteiger partial charge in [-0.05, 0) is 36.4 Å². The quantitative estimate of drug-likeness (QED) is 0.488. The predicted octanol–water partition coefficient (Wildman–Crippen LogP) is 5.34. The number of alkyl halides is 3. The van der Waals surface area contributed by atoms with Crippen molar-refractivity contribution in [2.75, 3.05) is 12.4 Å². The molecule has 2 aromatic heterocycles. The van der Waals surface area contributed by atoms with Gasteiger partial charge in [-0.1, -0.05) is 12.1 Å². The molecule has 0 atom stereocenters. The average Bonchev–Trinajstić information content (AvgIpc) is 3.28. The summed E-state index contributed by atoms with van der Waals surface area (Å²) in [5.41, 5.74) is 1.36. The van der Waals surface area contributed by atoms with E-state index >= 15 is 0 Å². The molecule has 0 saturated carbocycles. The number of nitrogens with zero attached hydrogens (tertiary/aromatic N) is 2. The lowest BCUT2D eigenvalue weighted by molar-refractivity contribution is -0.137. The maximum absolute atomic E-state index is 12.7. The average molecular weight is 417 g/mol. The summed E-state index contributed by atoms with van der Waals surface area (Å²) in [6, 6.07) is 11.7. The second-order valence-corrected chi connectivity index (χ2v) is 7.00. The lowest BCUT2D eigenvalue weighted by Crippen LogP contribution is -2.14. The van der Waals surface area contributed by atoms with Crippen LogP contribution < -0.4 is 10.1 Å². The molecule has 2 aromatic carbocycles. The monoisotopic (exact) mass is 417 g/mol. The van der Waals surface area contributed by atoms with E-state index in [0.717, 1.165) is 17.7 Å². The highest BCUT2D eigenvalue weighted by molar-refractivity contribution is 7.15. The number of carbonyl (C=O) groups is 1. The van der Waals surface area contributed by atoms with E-state index in [-0.39, 0.29) is 5.69 Å². The fourth-order valence-corrected chi connectivity index (χ4v) is 3.66. The number of amides is 1. The maximum atomic E-state index is 12.7. The number of thiazole rings is 1. The number of methoxy groups -OCH3 is 1. The molecule has 2 heterocycles. The van der Waals surface area contributed by atoms with Crippen molar-refractivity contribution in [3.05, 3.63) is 71.4 Å². The molecule has 9 heteroatoms. The molecule has 0 saturated heterocycles. The van der Waals surface area contributed by atoms with Gasteiger partial charge in [-0.15, -0.1) is 11.3 Å². The predicted molar refractivity (Wildman–Crippen MR) is 104 cm³/mol. The lowest BCUT2D eigenvalue weighted by atomic mass is 10.1. The summed E-state index contributed by atoms with van der Waals surface area (Å²) < 4.78 is 44.9. The van der Waals surface area contributed by atoms with Gasteiger partial charge in [0.15, 0.2) is 4.96 Å². The Bertz CT molecular complexity index is 1180. The van der Waals surface area contributed by atoms with Crippen LogP contribution in [0.2, 0.25) is 0 Å². The number of hydrogen-bond acceptors (Lipinski definition) is 4. The van der Waals surface area contributed by atoms with Gasteiger partial charge in [0.25, 0.3) is 5.91 Å². The summed E-state index contributed by atoms with van der Waals surface area (Å²) in [4.78, 5) is 17.8. The van der Waals surface area contributed by atoms with Gasteiger partial charge in [0.2, 0.25) is 0 Å². The number of carbonyl (C=O) groups excluding carboxylic acids is 1. The van der Waals surface area contributed by atoms with E-state index in [1.807, 2.05) is 24.3 Å². The van der Waals surface area contributed by atoms with E-state index in [1.54, 1.807) is 23.1 Å². The summed E-state index contributed by atoms with van der Waals surface area (Å²) in [6.07, 6.45) is -2.68. The Morgan fingerprint density at radius 2 is 1.93 bits per heavy atom. The highest BCUT2D eigenvalue weighted by Gasteiger charge is 2.30. The Labute approximate surface area is 167 Å². The molecule has 0 aliphatic rings. The molecular formula is C20H14F3N3O2S. The molecule has 5 nitrogen and oxygen atoms in total. The minimum Gasteiger partial charge on any atom is -0.497 e. The number of anilines is 1. The van der Waals surface area contributed by atoms with Crippen molar-refractivity contribution < 1.29 is 22.7 Å². The van der Waals surface area contributed by atoms with E-state index in [1.165, 1.54) is 23.5 Å². The topological polar surface area (TPSA) is 55.6 Å². The zero-order valence-corrected chi connectivity index (χ0v) is 15.8. The first-order chi connectivity index (χ1) is 13.8. The number of benzene rings is 2. The van der Waals surface area contributed by atoms with E-state index in [2.05, 4.69) is 10.3 Å². The molecule has 1 N–H and O–H groups in total. The summed E-state index contributed by atoms with van der Waals surface area (Å²) in [5.74, 6) is 0.254. The van der Waals surface area contributed by atoms with Gasteiger partial charge < -0.3 is 10.1 Å². The van der Waals surface area contributed by atoms with Gasteiger partial charge in [-0.3, -0.25) is 9.20 Å². The van der Waals surface area contributed by atoms with E-state index < -0.39 is 17.6 Å². The van der Waals surface area contributed by atoms with Crippen molar-refractivity contribution in [3.63, 3.8) is 0 Å². The van der Waals surface area contributed by atoms with Crippen LogP contribution in [-0.2, 0) is 6.18 Å². The fraction of sp³-hybridized carbons (Fsp3) is 0.100. The molecule has 1 amide bonds. The van der Waals surface area contributed by atoms with Crippen molar-refractivity contribution in [2.24, 2.45) is 0 Å². The van der Waals surface area contributed by atoms with Gasteiger partial charge in [-0.25, -0.2) is 4.98 Å². The number of imidazole rings is 1. The third-order valence-electron chi connectivity index (χ3n) is 4.28. The van der Waals surface area contributed by atoms with Crippen molar-refractivity contribution in [2.45, 2.75) is 6.18 Å². The third-order valence-corrected chi connectivity index (χ3v) is 5.12. The van der Waals surface area contributed by atoms with Gasteiger partial charge in [-0.2, -0.15) is 13.2 Å². The Morgan fingerprint density at radius 3 is 2.62 bits per heavy atom. The van der Waals surface area contributed by atoms with Gasteiger partial charge >= 0.3 is 6.18 Å². The second kappa shape index (κ2) is 7.25. The first-order valence-electron chi connectivity index (χ1n) is 8.45. The SMILES string of the molecule is COc1cccc(-c2cn3c(C(=O)Nc4ccc(C(F)(F)F)cc4)csc3n2)c1. The van der Waals surface area contributed by atoms with Crippen molar-refractivity contribution >= 4 is 27.9 Å². The lowest BCUT2D eigenvalue weighted by Gasteiger charge is -2.08. The van der Waals surface area contributed by atoms with E-state index in [9.17, 15) is 18.0 Å². The van der Waals surface area contributed by atoms with Crippen LogP contribution in [0.3, 0.4) is 0 Å². The Balaban J connectivity index is 1.59. The molecule has 0 radical (unpaired) electrons. The first-order valence-corrected chi connectivity index (χ1v) is 9.33. The number of aromatic nitrogens is 2. The number of ether oxygens (including phenoxy) is 1. The van der Waals surface area contributed by atoms with Gasteiger partial charge in [0.05, 0.1) is 18.4 Å². The molecule has 0 aliphatic carbocycles. The number of hydrogen-bond donors (Lipinski definition) is 1. The molecule has 29 heavy (non-hydrogen) atoms. The van der Waals surface area contributed by atoms with Gasteiger partial charge in [0, 0.05) is 22.8 Å². The maximum Gasteiger partial charge on any atom is 0.416 e. The second-order valence-electron chi connectivity index (χ2n) is 6.16. The molecule has 0 fully saturated rings. The smallest absolute Gasteiger partial charge is 0.416 e. The highest BCUT2D eigenvalue weighted by atomic mass is 32.1. The molecule has 148 valence electrons. The molecule has 0 unspecified atom stereocenters. The zero-order chi connectivity index (χ0) is 20.6. The van der Waals surface area contributed by atoms with Crippen LogP contribution in [0.15, 0.2) is 60.1 Å². The molecule has 4 rings (SSSR count). The van der Waals surface area contributed by atoms with Crippen LogP contribution in [0.25, 0.3) is 16.2 Å². The van der Waals surface area contributed by atoms with Gasteiger partial charge in [0.1, 0.15) is 11.4 Å². The summed E-state index contributed by atoms with van der Waals surface area (Å²) in [6.45, 7) is 0. The molecular weight excluding hydrogens is 403 g/mol. The third kappa shape index (κ3) is 3.81. The first kappa shape index (κ1) is 19.0. The fourth-order valence-electron chi connectivity index (χ4n) is 2.81. The van der Waals surface area contributed by atoms with Crippen LogP contribution >= 0.6 is 11.3 Å². The Kier molecular flexibility index (Phi) is 4.75. The Hall–Kier alpha value is -3.33. The molecule has 0 spiro atoms. The number of nitrogens with one attached hydrogen (secondary N) is 1. The number of rotatable bonds is 4. The summed E-state index contributed by atoms with van der Waals surface area (Å²) >= 11 is 1.30. The van der Waals surface area contributed by atoms with Crippen LogP contribution in [0.4, 0.5) is 18.9 Å². The standard InChI is InChI=1S/C20H14F3N3O2S/c1-28-15-4-2-3-12(9-15)16-10-26-17(11-29-19(26)25-16)18(27)24-14-7-5-13(6-8-14)20(21,22)23/h2-11H,1H3,(H,24,27). The molecule has 0 aliphatic heterocycles. The van der Waals surface area contributed by atoms with Crippen LogP contribution in [0, 0.1) is 0 Å². The Morgan fingerprint density at radius 1 is 1.17 bits per heavy atom. The number of halogens is 3. The van der Waals surface area contributed by atoms with E-state index in [4.69, 9.17) is 4.74 Å². The van der Waals surface area contributed by atoms with Crippen LogP contribution in [-0.4, -0.2) is 22.4 Å². The van der Waals surface area contributed by atoms with Crippen LogP contribution in [0.5, 0.6) is 5.75 Å². The van der Waals surface area contributed by atoms with Crippen molar-refractivity contribution in [1.29, 1.82) is 0 Å². The highest BCUT2D eigenvalue weighted by Crippen LogP contribution is 2.30. The summed E-state index contributed by atoms with van der Waals surface area (Å²) in [7, 11) is 1.58. The normalized spacial score (nSPS) is 11.6. The minimum absolute atomic E-state index is 0.274. The van der Waals surface area contributed by atoms with E-state index in [0.29, 0.717) is 22.1 Å². The molecule has 4 aromatic rings. The minimum atomic E-state index is -4.42. The number of fused-ring (bicyclic) bond motifs is 1. The zero-order valence-electron chi connectivity index (χ0n) is 15.0. The van der Waals surface area contributed by atoms with Crippen molar-refractivity contribution in [1.82, 2.24) is 9.38 Å². The summed E-state index contributed by atoms with van der Waals surface area (Å²) in [5, 5.41) is 4.26.